The Labute approximate surface area is 105 Å². The Morgan fingerprint density at radius 2 is 2.11 bits per heavy atom. The number of aryl methyl sites for hydroxylation is 2. The van der Waals surface area contributed by atoms with Crippen molar-refractivity contribution in [1.29, 1.82) is 0 Å². The molecule has 0 bridgehead atoms. The summed E-state index contributed by atoms with van der Waals surface area (Å²) in [6, 6.07) is 5.31. The average molecular weight is 242 g/mol. The molecule has 0 aliphatic carbocycles. The molecule has 0 saturated heterocycles. The summed E-state index contributed by atoms with van der Waals surface area (Å²) in [5, 5.41) is 2.75. The lowest BCUT2D eigenvalue weighted by Crippen LogP contribution is -2.16. The molecule has 5 heteroatoms. The van der Waals surface area contributed by atoms with Gasteiger partial charge in [-0.1, -0.05) is 6.07 Å². The predicted octanol–water partition coefficient (Wildman–Crippen LogP) is 1.93. The third kappa shape index (κ3) is 2.45. The summed E-state index contributed by atoms with van der Waals surface area (Å²) in [7, 11) is 0. The number of nitrogen functional groups attached to an aromatic ring is 1. The Bertz CT molecular complexity index is 595. The first-order valence-corrected chi connectivity index (χ1v) is 5.53. The highest BCUT2D eigenvalue weighted by atomic mass is 16.1. The van der Waals surface area contributed by atoms with Crippen molar-refractivity contribution in [2.24, 2.45) is 0 Å². The minimum atomic E-state index is -0.255. The molecular weight excluding hydrogens is 228 g/mol. The van der Waals surface area contributed by atoms with Gasteiger partial charge in [-0.05, 0) is 31.5 Å². The van der Waals surface area contributed by atoms with Crippen molar-refractivity contribution in [2.45, 2.75) is 13.8 Å². The summed E-state index contributed by atoms with van der Waals surface area (Å²) in [6.07, 6.45) is 3.16. The van der Waals surface area contributed by atoms with Crippen LogP contribution in [0.25, 0.3) is 0 Å². The molecule has 2 aromatic heterocycles. The number of carbonyl (C=O) groups is 1. The number of hydrogen-bond acceptors (Lipinski definition) is 4. The fourth-order valence-electron chi connectivity index (χ4n) is 1.57. The Morgan fingerprint density at radius 3 is 2.83 bits per heavy atom. The SMILES string of the molecule is Cc1cccnc1NC(=O)c1cc(N)cnc1C. The smallest absolute Gasteiger partial charge is 0.258 e. The van der Waals surface area contributed by atoms with E-state index in [2.05, 4.69) is 15.3 Å². The standard InChI is InChI=1S/C13H14N4O/c1-8-4-3-5-15-12(8)17-13(18)11-6-10(14)7-16-9(11)2/h3-7H,14H2,1-2H3,(H,15,17,18). The molecule has 3 N–H and O–H groups in total. The maximum Gasteiger partial charge on any atom is 0.258 e. The molecule has 18 heavy (non-hydrogen) atoms. The molecule has 0 radical (unpaired) electrons. The van der Waals surface area contributed by atoms with Crippen LogP contribution in [0.4, 0.5) is 11.5 Å². The van der Waals surface area contributed by atoms with Crippen LogP contribution in [0.2, 0.25) is 0 Å². The number of anilines is 2. The largest absolute Gasteiger partial charge is 0.397 e. The van der Waals surface area contributed by atoms with Crippen LogP contribution in [0.1, 0.15) is 21.6 Å². The molecule has 0 aromatic carbocycles. The highest BCUT2D eigenvalue weighted by molar-refractivity contribution is 6.05. The summed E-state index contributed by atoms with van der Waals surface area (Å²) in [5.74, 6) is 0.290. The topological polar surface area (TPSA) is 80.9 Å². The molecule has 0 aliphatic heterocycles. The molecule has 0 spiro atoms. The van der Waals surface area contributed by atoms with Gasteiger partial charge in [-0.2, -0.15) is 0 Å². The number of nitrogens with one attached hydrogen (secondary N) is 1. The molecular formula is C13H14N4O. The van der Waals surface area contributed by atoms with E-state index in [4.69, 9.17) is 5.73 Å². The summed E-state index contributed by atoms with van der Waals surface area (Å²) < 4.78 is 0. The molecule has 0 aliphatic rings. The van der Waals surface area contributed by atoms with E-state index in [0.717, 1.165) is 5.56 Å². The van der Waals surface area contributed by atoms with Crippen molar-refractivity contribution >= 4 is 17.4 Å². The first-order chi connectivity index (χ1) is 8.58. The van der Waals surface area contributed by atoms with E-state index in [1.54, 1.807) is 19.2 Å². The lowest BCUT2D eigenvalue weighted by molar-refractivity contribution is 0.102. The zero-order valence-corrected chi connectivity index (χ0v) is 10.3. The van der Waals surface area contributed by atoms with Crippen LogP contribution < -0.4 is 11.1 Å². The maximum absolute atomic E-state index is 12.1. The van der Waals surface area contributed by atoms with Crippen molar-refractivity contribution < 1.29 is 4.79 Å². The second-order valence-corrected chi connectivity index (χ2v) is 4.02. The van der Waals surface area contributed by atoms with Crippen molar-refractivity contribution in [2.75, 3.05) is 11.1 Å². The van der Waals surface area contributed by atoms with Gasteiger partial charge in [-0.15, -0.1) is 0 Å². The van der Waals surface area contributed by atoms with Gasteiger partial charge in [-0.25, -0.2) is 4.98 Å². The highest BCUT2D eigenvalue weighted by Crippen LogP contribution is 2.14. The van der Waals surface area contributed by atoms with Crippen LogP contribution in [0, 0.1) is 13.8 Å². The summed E-state index contributed by atoms with van der Waals surface area (Å²) in [4.78, 5) is 20.3. The molecule has 2 rings (SSSR count). The minimum Gasteiger partial charge on any atom is -0.397 e. The number of aromatic nitrogens is 2. The summed E-state index contributed by atoms with van der Waals surface area (Å²) in [6.45, 7) is 3.65. The predicted molar refractivity (Wildman–Crippen MR) is 70.3 cm³/mol. The Hall–Kier alpha value is -2.43. The second kappa shape index (κ2) is 4.83. The lowest BCUT2D eigenvalue weighted by Gasteiger charge is -2.08. The Balaban J connectivity index is 2.28. The van der Waals surface area contributed by atoms with E-state index in [-0.39, 0.29) is 5.91 Å². The molecule has 1 amide bonds. The first kappa shape index (κ1) is 12.0. The first-order valence-electron chi connectivity index (χ1n) is 5.53. The zero-order chi connectivity index (χ0) is 13.1. The van der Waals surface area contributed by atoms with Gasteiger partial charge < -0.3 is 11.1 Å². The maximum atomic E-state index is 12.1. The van der Waals surface area contributed by atoms with Gasteiger partial charge in [0.1, 0.15) is 5.82 Å². The van der Waals surface area contributed by atoms with Crippen LogP contribution in [0.15, 0.2) is 30.6 Å². The van der Waals surface area contributed by atoms with Crippen LogP contribution in [-0.2, 0) is 0 Å². The van der Waals surface area contributed by atoms with Crippen molar-refractivity contribution in [3.8, 4) is 0 Å². The summed E-state index contributed by atoms with van der Waals surface area (Å²) >= 11 is 0. The lowest BCUT2D eigenvalue weighted by atomic mass is 10.1. The highest BCUT2D eigenvalue weighted by Gasteiger charge is 2.12. The number of hydrogen-bond donors (Lipinski definition) is 2. The number of amides is 1. The zero-order valence-electron chi connectivity index (χ0n) is 10.3. The number of nitrogens with zero attached hydrogens (tertiary/aromatic N) is 2. The molecule has 0 saturated carbocycles. The number of pyridine rings is 2. The van der Waals surface area contributed by atoms with Crippen LogP contribution in [0.3, 0.4) is 0 Å². The number of rotatable bonds is 2. The quantitative estimate of drug-likeness (QED) is 0.843. The van der Waals surface area contributed by atoms with Gasteiger partial charge in [0, 0.05) is 6.20 Å². The van der Waals surface area contributed by atoms with Crippen LogP contribution >= 0.6 is 0 Å². The molecule has 92 valence electrons. The van der Waals surface area contributed by atoms with Crippen LogP contribution in [0.5, 0.6) is 0 Å². The van der Waals surface area contributed by atoms with Gasteiger partial charge >= 0.3 is 0 Å². The van der Waals surface area contributed by atoms with Gasteiger partial charge in [0.15, 0.2) is 0 Å². The fraction of sp³-hybridized carbons (Fsp3) is 0.154. The molecule has 2 heterocycles. The summed E-state index contributed by atoms with van der Waals surface area (Å²) in [5.41, 5.74) is 8.09. The minimum absolute atomic E-state index is 0.255. The average Bonchev–Trinajstić information content (AvgIpc) is 2.35. The molecule has 0 fully saturated rings. The third-order valence-corrected chi connectivity index (χ3v) is 2.59. The Kier molecular flexibility index (Phi) is 3.23. The molecule has 5 nitrogen and oxygen atoms in total. The van der Waals surface area contributed by atoms with E-state index in [1.165, 1.54) is 6.20 Å². The third-order valence-electron chi connectivity index (χ3n) is 2.59. The van der Waals surface area contributed by atoms with Crippen molar-refractivity contribution in [3.63, 3.8) is 0 Å². The van der Waals surface area contributed by atoms with Gasteiger partial charge in [0.2, 0.25) is 0 Å². The normalized spacial score (nSPS) is 10.1. The Morgan fingerprint density at radius 1 is 1.33 bits per heavy atom. The monoisotopic (exact) mass is 242 g/mol. The second-order valence-electron chi connectivity index (χ2n) is 4.02. The van der Waals surface area contributed by atoms with E-state index < -0.39 is 0 Å². The number of carbonyl (C=O) groups excluding carboxylic acids is 1. The van der Waals surface area contributed by atoms with Crippen molar-refractivity contribution in [1.82, 2.24) is 9.97 Å². The van der Waals surface area contributed by atoms with Gasteiger partial charge in [0.25, 0.3) is 5.91 Å². The van der Waals surface area contributed by atoms with E-state index in [0.29, 0.717) is 22.8 Å². The number of nitrogens with two attached hydrogens (primary N) is 1. The molecule has 2 aromatic rings. The van der Waals surface area contributed by atoms with Gasteiger partial charge in [-0.3, -0.25) is 9.78 Å². The van der Waals surface area contributed by atoms with Gasteiger partial charge in [0.05, 0.1) is 23.1 Å². The van der Waals surface area contributed by atoms with E-state index in [1.807, 2.05) is 19.1 Å². The molecule has 0 atom stereocenters. The van der Waals surface area contributed by atoms with E-state index >= 15 is 0 Å². The van der Waals surface area contributed by atoms with Crippen molar-refractivity contribution in [3.05, 3.63) is 47.4 Å². The molecule has 0 unspecified atom stereocenters. The van der Waals surface area contributed by atoms with Crippen LogP contribution in [-0.4, -0.2) is 15.9 Å². The van der Waals surface area contributed by atoms with E-state index in [9.17, 15) is 4.79 Å². The fourth-order valence-corrected chi connectivity index (χ4v) is 1.57.